The Morgan fingerprint density at radius 1 is 1.04 bits per heavy atom. The van der Waals surface area contributed by atoms with Gasteiger partial charge in [-0.1, -0.05) is 30.3 Å². The number of ether oxygens (including phenoxy) is 1. The molecule has 1 amide bonds. The first-order valence-electron chi connectivity index (χ1n) is 7.71. The van der Waals surface area contributed by atoms with E-state index in [9.17, 15) is 9.59 Å². The zero-order valence-electron chi connectivity index (χ0n) is 13.8. The zero-order valence-corrected chi connectivity index (χ0v) is 15.4. The van der Waals surface area contributed by atoms with Gasteiger partial charge in [0, 0.05) is 4.88 Å². The van der Waals surface area contributed by atoms with Crippen LogP contribution in [-0.2, 0) is 4.74 Å². The molecule has 0 spiro atoms. The average Bonchev–Trinajstić information content (AvgIpc) is 3.33. The molecule has 0 aliphatic carbocycles. The summed E-state index contributed by atoms with van der Waals surface area (Å²) in [5.41, 5.74) is 2.19. The second kappa shape index (κ2) is 7.63. The molecule has 0 aliphatic heterocycles. The summed E-state index contributed by atoms with van der Waals surface area (Å²) in [5, 5.41) is 5.01. The molecule has 1 atom stereocenters. The lowest BCUT2D eigenvalue weighted by atomic mass is 10.1. The van der Waals surface area contributed by atoms with Crippen LogP contribution in [-0.4, -0.2) is 19.0 Å². The highest BCUT2D eigenvalue weighted by molar-refractivity contribution is 7.15. The van der Waals surface area contributed by atoms with E-state index in [1.54, 1.807) is 23.5 Å². The van der Waals surface area contributed by atoms with Crippen LogP contribution in [0.3, 0.4) is 0 Å². The molecular weight excluding hydrogens is 354 g/mol. The summed E-state index contributed by atoms with van der Waals surface area (Å²) in [4.78, 5) is 26.0. The molecule has 3 rings (SSSR count). The van der Waals surface area contributed by atoms with Crippen molar-refractivity contribution in [2.45, 2.75) is 13.0 Å². The molecule has 2 heterocycles. The van der Waals surface area contributed by atoms with Crippen LogP contribution in [0, 0.1) is 0 Å². The molecule has 0 aliphatic rings. The van der Waals surface area contributed by atoms with Gasteiger partial charge in [0.1, 0.15) is 4.88 Å². The molecule has 1 unspecified atom stereocenters. The minimum Gasteiger partial charge on any atom is -0.465 e. The Bertz CT molecular complexity index is 866. The van der Waals surface area contributed by atoms with E-state index in [-0.39, 0.29) is 11.9 Å². The Kier molecular flexibility index (Phi) is 5.31. The van der Waals surface area contributed by atoms with Crippen LogP contribution in [0.1, 0.15) is 37.9 Å². The number of esters is 1. The number of carbonyl (C=O) groups excluding carboxylic acids is 2. The molecular formula is C19H17NO3S2. The van der Waals surface area contributed by atoms with Gasteiger partial charge < -0.3 is 10.1 Å². The zero-order chi connectivity index (χ0) is 17.8. The van der Waals surface area contributed by atoms with Gasteiger partial charge in [0.25, 0.3) is 5.91 Å². The Morgan fingerprint density at radius 3 is 2.40 bits per heavy atom. The number of hydrogen-bond acceptors (Lipinski definition) is 5. The topological polar surface area (TPSA) is 55.4 Å². The molecule has 1 aromatic carbocycles. The van der Waals surface area contributed by atoms with Crippen molar-refractivity contribution in [1.29, 1.82) is 0 Å². The van der Waals surface area contributed by atoms with Crippen LogP contribution < -0.4 is 5.32 Å². The number of amides is 1. The first kappa shape index (κ1) is 17.4. The predicted molar refractivity (Wildman–Crippen MR) is 101 cm³/mol. The largest absolute Gasteiger partial charge is 0.465 e. The minimum atomic E-state index is -0.429. The van der Waals surface area contributed by atoms with Crippen molar-refractivity contribution in [2.75, 3.05) is 7.11 Å². The van der Waals surface area contributed by atoms with E-state index in [4.69, 9.17) is 0 Å². The van der Waals surface area contributed by atoms with E-state index in [0.29, 0.717) is 9.75 Å². The van der Waals surface area contributed by atoms with Crippen LogP contribution in [0.2, 0.25) is 0 Å². The summed E-state index contributed by atoms with van der Waals surface area (Å²) < 4.78 is 4.66. The lowest BCUT2D eigenvalue weighted by molar-refractivity contribution is 0.0606. The van der Waals surface area contributed by atoms with Gasteiger partial charge in [-0.2, -0.15) is 0 Å². The van der Waals surface area contributed by atoms with Gasteiger partial charge in [0.2, 0.25) is 0 Å². The molecule has 0 bridgehead atoms. The third-order valence-corrected chi connectivity index (χ3v) is 5.76. The molecule has 2 aromatic heterocycles. The van der Waals surface area contributed by atoms with Gasteiger partial charge in [0.15, 0.2) is 0 Å². The highest BCUT2D eigenvalue weighted by Crippen LogP contribution is 2.26. The summed E-state index contributed by atoms with van der Waals surface area (Å²) in [7, 11) is 1.32. The molecule has 0 fully saturated rings. The molecule has 1 N–H and O–H groups in total. The fraction of sp³-hybridized carbons (Fsp3) is 0.158. The number of carbonyl (C=O) groups is 2. The van der Waals surface area contributed by atoms with Crippen molar-refractivity contribution in [3.05, 3.63) is 69.2 Å². The second-order valence-corrected chi connectivity index (χ2v) is 7.48. The van der Waals surface area contributed by atoms with Crippen molar-refractivity contribution in [2.24, 2.45) is 0 Å². The minimum absolute atomic E-state index is 0.131. The first-order chi connectivity index (χ1) is 12.1. The lowest BCUT2D eigenvalue weighted by Crippen LogP contribution is -2.25. The predicted octanol–water partition coefficient (Wildman–Crippen LogP) is 4.75. The summed E-state index contributed by atoms with van der Waals surface area (Å²) in [6, 6.07) is 15.4. The molecule has 0 saturated heterocycles. The Labute approximate surface area is 154 Å². The van der Waals surface area contributed by atoms with Crippen LogP contribution >= 0.6 is 22.7 Å². The van der Waals surface area contributed by atoms with E-state index in [0.717, 1.165) is 16.9 Å². The molecule has 128 valence electrons. The number of thiophene rings is 2. The van der Waals surface area contributed by atoms with Crippen molar-refractivity contribution >= 4 is 34.6 Å². The van der Waals surface area contributed by atoms with Gasteiger partial charge in [-0.05, 0) is 41.6 Å². The second-order valence-electron chi connectivity index (χ2n) is 5.45. The van der Waals surface area contributed by atoms with E-state index in [1.165, 1.54) is 17.6 Å². The Balaban J connectivity index is 1.67. The van der Waals surface area contributed by atoms with Crippen LogP contribution in [0.4, 0.5) is 0 Å². The van der Waals surface area contributed by atoms with Crippen molar-refractivity contribution < 1.29 is 14.3 Å². The van der Waals surface area contributed by atoms with Gasteiger partial charge in [-0.25, -0.2) is 4.79 Å². The van der Waals surface area contributed by atoms with Crippen molar-refractivity contribution in [1.82, 2.24) is 5.32 Å². The van der Waals surface area contributed by atoms with Crippen molar-refractivity contribution in [3.8, 4) is 10.4 Å². The van der Waals surface area contributed by atoms with Crippen LogP contribution in [0.25, 0.3) is 10.4 Å². The maximum absolute atomic E-state index is 12.4. The van der Waals surface area contributed by atoms with Gasteiger partial charge in [-0.15, -0.1) is 22.7 Å². The van der Waals surface area contributed by atoms with Gasteiger partial charge >= 0.3 is 5.97 Å². The Morgan fingerprint density at radius 2 is 1.76 bits per heavy atom. The van der Waals surface area contributed by atoms with E-state index < -0.39 is 5.97 Å². The number of hydrogen-bond donors (Lipinski definition) is 1. The third-order valence-electron chi connectivity index (χ3n) is 3.78. The summed E-state index contributed by atoms with van der Waals surface area (Å²) in [5.74, 6) is -0.628. The van der Waals surface area contributed by atoms with Gasteiger partial charge in [-0.3, -0.25) is 4.79 Å². The maximum Gasteiger partial charge on any atom is 0.348 e. The van der Waals surface area contributed by atoms with Crippen molar-refractivity contribution in [3.63, 3.8) is 0 Å². The molecule has 6 heteroatoms. The number of rotatable bonds is 5. The highest BCUT2D eigenvalue weighted by Gasteiger charge is 2.16. The number of methoxy groups -OCH3 is 1. The molecule has 4 nitrogen and oxygen atoms in total. The average molecular weight is 371 g/mol. The molecule has 3 aromatic rings. The summed E-state index contributed by atoms with van der Waals surface area (Å²) in [6.07, 6.45) is 0. The van der Waals surface area contributed by atoms with Crippen LogP contribution in [0.5, 0.6) is 0 Å². The highest BCUT2D eigenvalue weighted by atomic mass is 32.1. The number of nitrogens with one attached hydrogen (secondary N) is 1. The molecule has 25 heavy (non-hydrogen) atoms. The van der Waals surface area contributed by atoms with Crippen LogP contribution in [0.15, 0.2) is 53.9 Å². The SMILES string of the molecule is COC(=O)c1ccc(C(=O)NC(C)c2ccc(-c3cccs3)cc2)s1. The summed E-state index contributed by atoms with van der Waals surface area (Å²) in [6.45, 7) is 1.94. The quantitative estimate of drug-likeness (QED) is 0.658. The fourth-order valence-electron chi connectivity index (χ4n) is 2.40. The fourth-order valence-corrected chi connectivity index (χ4v) is 3.96. The maximum atomic E-state index is 12.4. The monoisotopic (exact) mass is 371 g/mol. The molecule has 0 saturated carbocycles. The first-order valence-corrected chi connectivity index (χ1v) is 9.41. The smallest absolute Gasteiger partial charge is 0.348 e. The van der Waals surface area contributed by atoms with E-state index in [2.05, 4.69) is 33.6 Å². The van der Waals surface area contributed by atoms with Gasteiger partial charge in [0.05, 0.1) is 18.0 Å². The number of benzene rings is 1. The molecule has 0 radical (unpaired) electrons. The normalized spacial score (nSPS) is 11.8. The van der Waals surface area contributed by atoms with E-state index in [1.807, 2.05) is 25.1 Å². The lowest BCUT2D eigenvalue weighted by Gasteiger charge is -2.14. The standard InChI is InChI=1S/C19H17NO3S2/c1-12(13-5-7-14(8-6-13)15-4-3-11-24-15)20-18(21)16-9-10-17(25-16)19(22)23-2/h3-12H,1-2H3,(H,20,21). The van der Waals surface area contributed by atoms with E-state index >= 15 is 0 Å². The Hall–Kier alpha value is -2.44. The third kappa shape index (κ3) is 3.97. The summed E-state index contributed by atoms with van der Waals surface area (Å²) >= 11 is 2.82.